The highest BCUT2D eigenvalue weighted by molar-refractivity contribution is 6.39. The lowest BCUT2D eigenvalue weighted by molar-refractivity contribution is -0.265. The Morgan fingerprint density at radius 3 is 1.96 bits per heavy atom. The standard InChI is InChI=1S/C92H136N10O24/c1-59-17-13-12-14-18-60(2)75(111-8)54-70-27-20-65(7)92(110,126-70)85(106)88(107)101-32-16-15-19-72(101)89(108)123-77(55-76(112-9)61(3)50-64(6)83(105)84(114-11)82(104)63(5)49-59)62(4)51-68-25-28-74(78(52-68)113-10)125-91(109)95-31-34-116-36-38-118-40-42-120-44-46-122-48-47-121-45-43-119-41-39-117-37-35-115-33-30-79(103)96-56-66-21-23-67(24-22-66)57-102-87-80(86(93)97-58-98-87)81(100-102)69-26-29-73-71(53-69)99-90(94)124-73/h12-14,17-18,21-24,26,29,50,53,58-59,61-63,65,68,70,72,74-78,83-84,105,110H,15-16,19-20,25,27-28,30-49,51-52,54-57H2,1-11H3,(H2,94,99)(H,95,109)(H,96,103)(H2,93,97,98)/b14-12+,17-13+,60-18+,64-50+/t59-,61-,62-,63-,65-,68+,70+,72+,74-,75+,76?,77+,78-,83-,84+,92-/m1/s1. The van der Waals surface area contributed by atoms with E-state index < -0.39 is 96.2 Å². The monoisotopic (exact) mass is 1760 g/mol. The maximum Gasteiger partial charge on any atom is 0.407 e. The Balaban J connectivity index is 0.601. The molecule has 16 atom stereocenters. The summed E-state index contributed by atoms with van der Waals surface area (Å²) in [5.41, 5.74) is 18.5. The van der Waals surface area contributed by atoms with Crippen LogP contribution >= 0.6 is 0 Å². The fourth-order valence-corrected chi connectivity index (χ4v) is 16.5. The van der Waals surface area contributed by atoms with E-state index in [0.29, 0.717) is 209 Å². The molecule has 2 aromatic carbocycles. The molecule has 3 aromatic heterocycles. The van der Waals surface area contributed by atoms with Gasteiger partial charge in [0.15, 0.2) is 17.0 Å². The number of piperidine rings is 1. The summed E-state index contributed by atoms with van der Waals surface area (Å²) in [7, 11) is 6.14. The van der Waals surface area contributed by atoms with Crippen LogP contribution in [-0.4, -0.2) is 283 Å². The Morgan fingerprint density at radius 1 is 0.675 bits per heavy atom. The number of nitrogens with one attached hydrogen (secondary N) is 2. The van der Waals surface area contributed by atoms with Crippen molar-refractivity contribution in [2.75, 3.05) is 159 Å². The van der Waals surface area contributed by atoms with E-state index in [0.717, 1.165) is 22.3 Å². The molecule has 126 heavy (non-hydrogen) atoms. The average molecular weight is 1770 g/mol. The van der Waals surface area contributed by atoms with Crippen LogP contribution in [0.4, 0.5) is 16.6 Å². The number of Topliss-reactive ketones (excluding diaryl/α,β-unsaturated/α-hetero) is 2. The summed E-state index contributed by atoms with van der Waals surface area (Å²) in [5.74, 6) is -7.16. The van der Waals surface area contributed by atoms with Gasteiger partial charge in [-0.1, -0.05) is 95.3 Å². The number of aliphatic hydroxyl groups excluding tert-OH is 1. The van der Waals surface area contributed by atoms with E-state index in [-0.39, 0.29) is 86.9 Å². The summed E-state index contributed by atoms with van der Waals surface area (Å²) >= 11 is 0. The van der Waals surface area contributed by atoms with Crippen LogP contribution < -0.4 is 22.1 Å². The SMILES string of the molecule is COC1C[C@@H]([C@H](C)C[C@@H]2CC[C@@H](OC(=O)NCCOCCOCCOCCOCCOCCOCCOCCOCCC(=O)NCc3ccc(Cn4nc(-c5ccc6oc(N)nc6c5)c5c(N)ncnc54)cc3)[C@H](OC)C2)OC(=O)[C@@H]2CCCCN2C(=O)C(=O)[C@]2(O)O[C@@H](CC[C@H]2C)C[C@H](OC)/C(C)=C/C=C/C=C/[C@@H](C)C[C@@H](C)C(=O)[C@H](OC)[C@H](O)/C(C)=C/[C@H]1C. The number of aliphatic hydroxyl groups is 2. The van der Waals surface area contributed by atoms with Gasteiger partial charge in [-0.25, -0.2) is 24.2 Å². The van der Waals surface area contributed by atoms with E-state index in [1.807, 2.05) is 107 Å². The first-order valence-electron chi connectivity index (χ1n) is 44.4. The van der Waals surface area contributed by atoms with Gasteiger partial charge in [-0.2, -0.15) is 10.1 Å². The third kappa shape index (κ3) is 30.8. The van der Waals surface area contributed by atoms with E-state index >= 15 is 0 Å². The van der Waals surface area contributed by atoms with Crippen molar-refractivity contribution in [2.24, 2.45) is 35.5 Å². The highest BCUT2D eigenvalue weighted by atomic mass is 16.6. The first kappa shape index (κ1) is 101. The number of cyclic esters (lactones) is 1. The Hall–Kier alpha value is -8.56. The summed E-state index contributed by atoms with van der Waals surface area (Å²) in [6.07, 6.45) is 12.2. The minimum Gasteiger partial charge on any atom is -0.460 e. The van der Waals surface area contributed by atoms with Crippen LogP contribution in [0.1, 0.15) is 143 Å². The van der Waals surface area contributed by atoms with E-state index in [1.165, 1.54) is 18.3 Å². The Bertz CT molecular complexity index is 4330. The number of fused-ring (bicyclic) bond motifs is 5. The van der Waals surface area contributed by atoms with E-state index in [2.05, 4.69) is 25.6 Å². The van der Waals surface area contributed by atoms with E-state index in [1.54, 1.807) is 45.9 Å². The molecule has 34 nitrogen and oxygen atoms in total. The fourth-order valence-electron chi connectivity index (χ4n) is 16.5. The molecule has 34 heteroatoms. The summed E-state index contributed by atoms with van der Waals surface area (Å²) in [5, 5.41) is 35.2. The molecule has 0 spiro atoms. The second-order valence-electron chi connectivity index (χ2n) is 33.2. The smallest absolute Gasteiger partial charge is 0.407 e. The summed E-state index contributed by atoms with van der Waals surface area (Å²) in [6.45, 7) is 20.0. The van der Waals surface area contributed by atoms with Crippen LogP contribution in [0.2, 0.25) is 0 Å². The van der Waals surface area contributed by atoms with Crippen molar-refractivity contribution in [3.8, 4) is 11.3 Å². The average Bonchev–Trinajstić information content (AvgIpc) is 1.47. The van der Waals surface area contributed by atoms with Crippen LogP contribution in [0, 0.1) is 35.5 Å². The Labute approximate surface area is 739 Å². The molecule has 2 saturated heterocycles. The molecule has 3 amide bonds. The number of rotatable bonds is 40. The molecule has 3 aliphatic heterocycles. The Morgan fingerprint density at radius 2 is 1.32 bits per heavy atom. The molecule has 1 aliphatic carbocycles. The van der Waals surface area contributed by atoms with Crippen molar-refractivity contribution in [1.29, 1.82) is 0 Å². The van der Waals surface area contributed by atoms with Crippen molar-refractivity contribution < 1.29 is 114 Å². The molecule has 0 radical (unpaired) electrons. The number of benzene rings is 2. The molecule has 698 valence electrons. The first-order chi connectivity index (χ1) is 60.8. The maximum absolute atomic E-state index is 14.9. The van der Waals surface area contributed by atoms with Gasteiger partial charge in [0.2, 0.25) is 11.7 Å². The minimum atomic E-state index is -2.46. The lowest BCUT2D eigenvalue weighted by Gasteiger charge is -2.43. The normalized spacial score (nSPS) is 27.1. The fraction of sp³-hybridized carbons (Fsp3) is 0.652. The van der Waals surface area contributed by atoms with Crippen molar-refractivity contribution in [3.63, 3.8) is 0 Å². The van der Waals surface area contributed by atoms with Gasteiger partial charge in [0.25, 0.3) is 17.7 Å². The van der Waals surface area contributed by atoms with Gasteiger partial charge in [0.1, 0.15) is 53.8 Å². The molecule has 6 heterocycles. The largest absolute Gasteiger partial charge is 0.460 e. The number of allylic oxidation sites excluding steroid dienone is 5. The number of carbonyl (C=O) groups is 6. The van der Waals surface area contributed by atoms with Crippen LogP contribution in [0.3, 0.4) is 0 Å². The van der Waals surface area contributed by atoms with Crippen molar-refractivity contribution in [1.82, 2.24) is 40.3 Å². The quantitative estimate of drug-likeness (QED) is 0.00920. The van der Waals surface area contributed by atoms with E-state index in [4.69, 9.17) is 92.0 Å². The zero-order chi connectivity index (χ0) is 90.5. The highest BCUT2D eigenvalue weighted by Crippen LogP contribution is 2.40. The second-order valence-corrected chi connectivity index (χ2v) is 33.2. The molecule has 9 rings (SSSR count). The topological polar surface area (TPSA) is 430 Å². The van der Waals surface area contributed by atoms with Gasteiger partial charge in [-0.3, -0.25) is 19.2 Å². The summed E-state index contributed by atoms with van der Waals surface area (Å²) in [4.78, 5) is 97.9. The molecule has 4 aliphatic rings. The first-order valence-corrected chi connectivity index (χ1v) is 44.4. The number of aromatic nitrogens is 5. The minimum absolute atomic E-state index is 0.00817. The number of alkyl carbamates (subject to hydrolysis) is 1. The van der Waals surface area contributed by atoms with Crippen LogP contribution in [-0.2, 0) is 108 Å². The number of esters is 1. The van der Waals surface area contributed by atoms with Gasteiger partial charge in [0, 0.05) is 90.7 Å². The van der Waals surface area contributed by atoms with Gasteiger partial charge < -0.3 is 113 Å². The molecule has 1 saturated carbocycles. The highest BCUT2D eigenvalue weighted by Gasteiger charge is 2.53. The number of methoxy groups -OCH3 is 4. The number of ketones is 2. The van der Waals surface area contributed by atoms with Crippen LogP contribution in [0.5, 0.6) is 0 Å². The number of anilines is 2. The van der Waals surface area contributed by atoms with Crippen molar-refractivity contribution in [3.05, 3.63) is 108 Å². The number of hydrogen-bond acceptors (Lipinski definition) is 30. The number of amides is 3. The molecule has 1 unspecified atom stereocenters. The summed E-state index contributed by atoms with van der Waals surface area (Å²) < 4.78 is 94.7. The third-order valence-corrected chi connectivity index (χ3v) is 23.8. The van der Waals surface area contributed by atoms with Crippen LogP contribution in [0.15, 0.2) is 101 Å². The van der Waals surface area contributed by atoms with Gasteiger partial charge in [-0.15, -0.1) is 0 Å². The zero-order valence-corrected chi connectivity index (χ0v) is 75.3. The van der Waals surface area contributed by atoms with Crippen molar-refractivity contribution >= 4 is 69.4 Å². The summed E-state index contributed by atoms with van der Waals surface area (Å²) in [6, 6.07) is 12.3. The number of oxazole rings is 1. The molecule has 2 bridgehead atoms. The zero-order valence-electron chi connectivity index (χ0n) is 75.3. The number of nitrogens with zero attached hydrogens (tertiary/aromatic N) is 6. The number of nitrogens with two attached hydrogens (primary N) is 2. The second kappa shape index (κ2) is 52.8. The maximum atomic E-state index is 14.9. The number of nitrogen functional groups attached to an aromatic ring is 2. The van der Waals surface area contributed by atoms with E-state index in [9.17, 15) is 39.0 Å². The molecular formula is C92H136N10O24. The van der Waals surface area contributed by atoms with Gasteiger partial charge >= 0.3 is 12.1 Å². The predicted octanol–water partition coefficient (Wildman–Crippen LogP) is 9.36. The molecular weight excluding hydrogens is 1630 g/mol. The molecule has 5 aromatic rings. The lowest BCUT2D eigenvalue weighted by Crippen LogP contribution is -2.61. The van der Waals surface area contributed by atoms with Gasteiger partial charge in [-0.05, 0) is 136 Å². The molecule has 3 fully saturated rings. The van der Waals surface area contributed by atoms with Gasteiger partial charge in [0.05, 0.1) is 142 Å². The molecule has 8 N–H and O–H groups in total. The third-order valence-electron chi connectivity index (χ3n) is 23.8. The lowest BCUT2D eigenvalue weighted by atomic mass is 9.78. The number of hydrogen-bond donors (Lipinski definition) is 6. The predicted molar refractivity (Wildman–Crippen MR) is 469 cm³/mol. The van der Waals surface area contributed by atoms with Crippen LogP contribution in [0.25, 0.3) is 33.4 Å². The number of ether oxygens (including phenoxy) is 15. The number of carbonyl (C=O) groups excluding carboxylic acids is 6. The van der Waals surface area contributed by atoms with Crippen molar-refractivity contribution in [2.45, 2.75) is 206 Å². The Kier molecular flexibility index (Phi) is 42.4.